The molecule has 1 aromatic carbocycles. The van der Waals surface area contributed by atoms with Crippen LogP contribution in [-0.2, 0) is 6.54 Å². The number of unbranched alkanes of at least 4 members (excludes halogenated alkanes) is 1. The van der Waals surface area contributed by atoms with Gasteiger partial charge in [0.2, 0.25) is 0 Å². The molecule has 0 aliphatic heterocycles. The average molecular weight is 295 g/mol. The lowest BCUT2D eigenvalue weighted by molar-refractivity contribution is 0.544. The summed E-state index contributed by atoms with van der Waals surface area (Å²) in [7, 11) is 0. The van der Waals surface area contributed by atoms with E-state index in [2.05, 4.69) is 26.2 Å². The lowest BCUT2D eigenvalue weighted by Gasteiger charge is -1.98. The standard InChI is InChI=1S/C12H15BrN4/c13-11-5-3-4-10(8-11)12-9-17(16-15-12)7-2-1-6-14/h3-5,8-9H,1-2,6-7,14H2. The Morgan fingerprint density at radius 2 is 2.18 bits per heavy atom. The Morgan fingerprint density at radius 3 is 2.94 bits per heavy atom. The summed E-state index contributed by atoms with van der Waals surface area (Å²) in [6, 6.07) is 8.05. The molecule has 0 aliphatic carbocycles. The van der Waals surface area contributed by atoms with Crippen LogP contribution in [0, 0.1) is 0 Å². The number of hydrogen-bond donors (Lipinski definition) is 1. The highest BCUT2D eigenvalue weighted by atomic mass is 79.9. The van der Waals surface area contributed by atoms with Crippen LogP contribution in [0.3, 0.4) is 0 Å². The average Bonchev–Trinajstić information content (AvgIpc) is 2.78. The Bertz CT molecular complexity index is 481. The van der Waals surface area contributed by atoms with Gasteiger partial charge < -0.3 is 5.73 Å². The monoisotopic (exact) mass is 294 g/mol. The fourth-order valence-corrected chi connectivity index (χ4v) is 2.01. The van der Waals surface area contributed by atoms with E-state index < -0.39 is 0 Å². The molecular formula is C12H15BrN4. The quantitative estimate of drug-likeness (QED) is 0.862. The van der Waals surface area contributed by atoms with Crippen molar-refractivity contribution in [1.82, 2.24) is 15.0 Å². The van der Waals surface area contributed by atoms with Crippen LogP contribution in [0.4, 0.5) is 0 Å². The topological polar surface area (TPSA) is 56.7 Å². The SMILES string of the molecule is NCCCCn1cc(-c2cccc(Br)c2)nn1. The highest BCUT2D eigenvalue weighted by Gasteiger charge is 2.03. The maximum Gasteiger partial charge on any atom is 0.113 e. The summed E-state index contributed by atoms with van der Waals surface area (Å²) in [4.78, 5) is 0. The number of nitrogens with two attached hydrogens (primary N) is 1. The molecule has 4 nitrogen and oxygen atoms in total. The molecule has 2 aromatic rings. The minimum Gasteiger partial charge on any atom is -0.330 e. The van der Waals surface area contributed by atoms with Crippen LogP contribution < -0.4 is 5.73 Å². The minimum atomic E-state index is 0.729. The van der Waals surface area contributed by atoms with Crippen molar-refractivity contribution in [2.75, 3.05) is 6.54 Å². The van der Waals surface area contributed by atoms with Crippen molar-refractivity contribution in [2.45, 2.75) is 19.4 Å². The lowest BCUT2D eigenvalue weighted by Crippen LogP contribution is -2.03. The summed E-state index contributed by atoms with van der Waals surface area (Å²) < 4.78 is 2.92. The van der Waals surface area contributed by atoms with Gasteiger partial charge in [-0.15, -0.1) is 5.10 Å². The molecule has 2 N–H and O–H groups in total. The van der Waals surface area contributed by atoms with Gasteiger partial charge in [0, 0.05) is 16.6 Å². The molecule has 0 aliphatic rings. The zero-order valence-corrected chi connectivity index (χ0v) is 11.1. The van der Waals surface area contributed by atoms with Gasteiger partial charge in [-0.2, -0.15) is 0 Å². The summed E-state index contributed by atoms with van der Waals surface area (Å²) in [5.41, 5.74) is 7.43. The number of nitrogens with zero attached hydrogens (tertiary/aromatic N) is 3. The van der Waals surface area contributed by atoms with Gasteiger partial charge in [0.1, 0.15) is 5.69 Å². The Kier molecular flexibility index (Phi) is 4.28. The first-order valence-corrected chi connectivity index (χ1v) is 6.45. The van der Waals surface area contributed by atoms with E-state index in [1.807, 2.05) is 35.1 Å². The summed E-state index contributed by atoms with van der Waals surface area (Å²) >= 11 is 3.45. The summed E-state index contributed by atoms with van der Waals surface area (Å²) in [6.07, 6.45) is 4.03. The van der Waals surface area contributed by atoms with Crippen molar-refractivity contribution < 1.29 is 0 Å². The Labute approximate surface area is 109 Å². The molecule has 2 rings (SSSR count). The maximum atomic E-state index is 5.46. The van der Waals surface area contributed by atoms with Gasteiger partial charge in [0.25, 0.3) is 0 Å². The number of aromatic nitrogens is 3. The van der Waals surface area contributed by atoms with E-state index in [0.717, 1.165) is 41.7 Å². The molecular weight excluding hydrogens is 280 g/mol. The highest BCUT2D eigenvalue weighted by Crippen LogP contribution is 2.20. The summed E-state index contributed by atoms with van der Waals surface area (Å²) in [5, 5.41) is 8.27. The number of hydrogen-bond acceptors (Lipinski definition) is 3. The van der Waals surface area contributed by atoms with E-state index in [0.29, 0.717) is 0 Å². The smallest absolute Gasteiger partial charge is 0.113 e. The van der Waals surface area contributed by atoms with Gasteiger partial charge in [-0.1, -0.05) is 33.3 Å². The van der Waals surface area contributed by atoms with E-state index >= 15 is 0 Å². The Morgan fingerprint density at radius 1 is 1.29 bits per heavy atom. The molecule has 90 valence electrons. The fourth-order valence-electron chi connectivity index (χ4n) is 1.61. The second kappa shape index (κ2) is 5.93. The summed E-state index contributed by atoms with van der Waals surface area (Å²) in [5.74, 6) is 0. The number of benzene rings is 1. The van der Waals surface area contributed by atoms with Crippen LogP contribution in [-0.4, -0.2) is 21.5 Å². The van der Waals surface area contributed by atoms with Gasteiger partial charge in [-0.25, -0.2) is 0 Å². The van der Waals surface area contributed by atoms with Gasteiger partial charge in [-0.05, 0) is 31.5 Å². The van der Waals surface area contributed by atoms with Crippen LogP contribution in [0.1, 0.15) is 12.8 Å². The second-order valence-electron chi connectivity index (χ2n) is 3.87. The van der Waals surface area contributed by atoms with E-state index in [1.165, 1.54) is 0 Å². The first kappa shape index (κ1) is 12.3. The largest absolute Gasteiger partial charge is 0.330 e. The Hall–Kier alpha value is -1.20. The zero-order valence-electron chi connectivity index (χ0n) is 9.51. The van der Waals surface area contributed by atoms with Crippen LogP contribution in [0.5, 0.6) is 0 Å². The molecule has 0 bridgehead atoms. The Balaban J connectivity index is 2.07. The predicted octanol–water partition coefficient (Wildman–Crippen LogP) is 2.45. The van der Waals surface area contributed by atoms with Crippen molar-refractivity contribution in [3.8, 4) is 11.3 Å². The van der Waals surface area contributed by atoms with Crippen LogP contribution in [0.2, 0.25) is 0 Å². The molecule has 0 amide bonds. The molecule has 0 saturated heterocycles. The molecule has 1 heterocycles. The van der Waals surface area contributed by atoms with Crippen molar-refractivity contribution in [2.24, 2.45) is 5.73 Å². The highest BCUT2D eigenvalue weighted by molar-refractivity contribution is 9.10. The third-order valence-electron chi connectivity index (χ3n) is 2.50. The van der Waals surface area contributed by atoms with Crippen LogP contribution in [0.25, 0.3) is 11.3 Å². The van der Waals surface area contributed by atoms with Crippen molar-refractivity contribution in [1.29, 1.82) is 0 Å². The first-order valence-electron chi connectivity index (χ1n) is 5.66. The maximum absolute atomic E-state index is 5.46. The van der Waals surface area contributed by atoms with Crippen LogP contribution >= 0.6 is 15.9 Å². The zero-order chi connectivity index (χ0) is 12.1. The van der Waals surface area contributed by atoms with Crippen molar-refractivity contribution >= 4 is 15.9 Å². The van der Waals surface area contributed by atoms with E-state index in [4.69, 9.17) is 5.73 Å². The third-order valence-corrected chi connectivity index (χ3v) is 2.99. The predicted molar refractivity (Wildman–Crippen MR) is 71.4 cm³/mol. The molecule has 0 fully saturated rings. The number of rotatable bonds is 5. The molecule has 0 atom stereocenters. The number of aryl methyl sites for hydroxylation is 1. The third kappa shape index (κ3) is 3.38. The number of halogens is 1. The van der Waals surface area contributed by atoms with Gasteiger partial charge >= 0.3 is 0 Å². The molecule has 17 heavy (non-hydrogen) atoms. The molecule has 0 radical (unpaired) electrons. The summed E-state index contributed by atoms with van der Waals surface area (Å²) in [6.45, 7) is 1.60. The minimum absolute atomic E-state index is 0.729. The molecule has 0 saturated carbocycles. The first-order chi connectivity index (χ1) is 8.29. The van der Waals surface area contributed by atoms with E-state index in [9.17, 15) is 0 Å². The molecule has 5 heteroatoms. The molecule has 1 aromatic heterocycles. The molecule has 0 unspecified atom stereocenters. The van der Waals surface area contributed by atoms with Crippen LogP contribution in [0.15, 0.2) is 34.9 Å². The van der Waals surface area contributed by atoms with E-state index in [1.54, 1.807) is 0 Å². The normalized spacial score (nSPS) is 10.7. The van der Waals surface area contributed by atoms with E-state index in [-0.39, 0.29) is 0 Å². The fraction of sp³-hybridized carbons (Fsp3) is 0.333. The lowest BCUT2D eigenvalue weighted by atomic mass is 10.2. The van der Waals surface area contributed by atoms with Gasteiger partial charge in [0.05, 0.1) is 6.20 Å². The second-order valence-corrected chi connectivity index (χ2v) is 4.79. The van der Waals surface area contributed by atoms with Crippen molar-refractivity contribution in [3.63, 3.8) is 0 Å². The molecule has 0 spiro atoms. The van der Waals surface area contributed by atoms with Crippen molar-refractivity contribution in [3.05, 3.63) is 34.9 Å². The van der Waals surface area contributed by atoms with Gasteiger partial charge in [-0.3, -0.25) is 4.68 Å². The van der Waals surface area contributed by atoms with Gasteiger partial charge in [0.15, 0.2) is 0 Å².